The summed E-state index contributed by atoms with van der Waals surface area (Å²) >= 11 is 0. The molecule has 0 radical (unpaired) electrons. The number of nitrogens with one attached hydrogen (secondary N) is 2. The number of amides is 2. The van der Waals surface area contributed by atoms with Crippen molar-refractivity contribution in [2.75, 3.05) is 7.05 Å². The van der Waals surface area contributed by atoms with E-state index in [1.807, 2.05) is 12.1 Å². The summed E-state index contributed by atoms with van der Waals surface area (Å²) in [5.41, 5.74) is 2.19. The highest BCUT2D eigenvalue weighted by Gasteiger charge is 2.31. The molecule has 144 valence electrons. The lowest BCUT2D eigenvalue weighted by Crippen LogP contribution is -2.50. The number of benzene rings is 1. The first kappa shape index (κ1) is 19.2. The first-order valence-corrected chi connectivity index (χ1v) is 9.84. The second-order valence-electron chi connectivity index (χ2n) is 7.18. The average Bonchev–Trinajstić information content (AvgIpc) is 3.22. The fraction of sp³-hybridized carbons (Fsp3) is 0.455. The summed E-state index contributed by atoms with van der Waals surface area (Å²) in [6, 6.07) is 11.1. The van der Waals surface area contributed by atoms with Gasteiger partial charge in [-0.2, -0.15) is 0 Å². The molecular weight excluding hydrogens is 340 g/mol. The van der Waals surface area contributed by atoms with Crippen molar-refractivity contribution in [3.05, 3.63) is 47.7 Å². The van der Waals surface area contributed by atoms with Crippen LogP contribution in [-0.4, -0.2) is 24.9 Å². The summed E-state index contributed by atoms with van der Waals surface area (Å²) in [6.07, 6.45) is 6.31. The van der Waals surface area contributed by atoms with Gasteiger partial charge in [-0.05, 0) is 42.9 Å². The molecule has 1 atom stereocenters. The molecule has 1 unspecified atom stereocenters. The fourth-order valence-corrected chi connectivity index (χ4v) is 3.75. The molecule has 0 spiro atoms. The highest BCUT2D eigenvalue weighted by atomic mass is 16.3. The molecule has 0 aliphatic heterocycles. The van der Waals surface area contributed by atoms with E-state index in [0.29, 0.717) is 5.76 Å². The van der Waals surface area contributed by atoms with Gasteiger partial charge in [0, 0.05) is 12.6 Å². The first-order valence-electron chi connectivity index (χ1n) is 9.84. The van der Waals surface area contributed by atoms with Crippen LogP contribution in [0.25, 0.3) is 11.3 Å². The normalized spacial score (nSPS) is 15.9. The maximum Gasteiger partial charge on any atom is 0.287 e. The molecule has 5 nitrogen and oxygen atoms in total. The lowest BCUT2D eigenvalue weighted by atomic mass is 9.83. The van der Waals surface area contributed by atoms with E-state index in [9.17, 15) is 9.59 Å². The van der Waals surface area contributed by atoms with Gasteiger partial charge >= 0.3 is 0 Å². The van der Waals surface area contributed by atoms with Crippen molar-refractivity contribution in [1.29, 1.82) is 0 Å². The summed E-state index contributed by atoms with van der Waals surface area (Å²) in [4.78, 5) is 25.0. The first-order chi connectivity index (χ1) is 13.1. The highest BCUT2D eigenvalue weighted by Crippen LogP contribution is 2.27. The Hall–Kier alpha value is -2.56. The standard InChI is InChI=1S/C22H28N2O3/c1-3-15-9-11-16(12-10-15)18-13-14-19(27-18)21(25)24-20(22(26)23-2)17-7-5-4-6-8-17/h9-14,17,20H,3-8H2,1-2H3,(H,23,26)(H,24,25). The number of rotatable bonds is 6. The number of aryl methyl sites for hydroxylation is 1. The van der Waals surface area contributed by atoms with Crippen molar-refractivity contribution >= 4 is 11.8 Å². The zero-order valence-corrected chi connectivity index (χ0v) is 16.1. The van der Waals surface area contributed by atoms with Gasteiger partial charge in [0.2, 0.25) is 5.91 Å². The van der Waals surface area contributed by atoms with Gasteiger partial charge in [0.25, 0.3) is 5.91 Å². The minimum absolute atomic E-state index is 0.141. The van der Waals surface area contributed by atoms with E-state index < -0.39 is 6.04 Å². The third-order valence-electron chi connectivity index (χ3n) is 5.41. The largest absolute Gasteiger partial charge is 0.451 e. The third-order valence-corrected chi connectivity index (χ3v) is 5.41. The van der Waals surface area contributed by atoms with Gasteiger partial charge in [0.05, 0.1) is 0 Å². The molecule has 0 saturated heterocycles. The monoisotopic (exact) mass is 368 g/mol. The van der Waals surface area contributed by atoms with Crippen molar-refractivity contribution in [2.24, 2.45) is 5.92 Å². The molecule has 27 heavy (non-hydrogen) atoms. The molecule has 1 heterocycles. The van der Waals surface area contributed by atoms with Gasteiger partial charge in [-0.15, -0.1) is 0 Å². The van der Waals surface area contributed by atoms with Gasteiger partial charge in [0.15, 0.2) is 5.76 Å². The van der Waals surface area contributed by atoms with E-state index in [1.54, 1.807) is 19.2 Å². The molecule has 5 heteroatoms. The fourth-order valence-electron chi connectivity index (χ4n) is 3.75. The molecule has 1 aromatic heterocycles. The van der Waals surface area contributed by atoms with E-state index in [4.69, 9.17) is 4.42 Å². The Kier molecular flexibility index (Phi) is 6.32. The number of likely N-dealkylation sites (N-methyl/N-ethyl adjacent to an activating group) is 1. The number of carbonyl (C=O) groups excluding carboxylic acids is 2. The van der Waals surface area contributed by atoms with Crippen LogP contribution in [0, 0.1) is 5.92 Å². The Morgan fingerprint density at radius 2 is 1.78 bits per heavy atom. The number of furan rings is 1. The van der Waals surface area contributed by atoms with Crippen LogP contribution in [0.2, 0.25) is 0 Å². The maximum atomic E-state index is 12.7. The smallest absolute Gasteiger partial charge is 0.287 e. The Labute approximate surface area is 160 Å². The van der Waals surface area contributed by atoms with Crippen LogP contribution >= 0.6 is 0 Å². The SMILES string of the molecule is CCc1ccc(-c2ccc(C(=O)NC(C(=O)NC)C3CCCCC3)o2)cc1. The summed E-state index contributed by atoms with van der Waals surface area (Å²) in [6.45, 7) is 2.11. The van der Waals surface area contributed by atoms with Crippen LogP contribution in [-0.2, 0) is 11.2 Å². The third kappa shape index (κ3) is 4.59. The Morgan fingerprint density at radius 3 is 2.41 bits per heavy atom. The van der Waals surface area contributed by atoms with E-state index >= 15 is 0 Å². The van der Waals surface area contributed by atoms with Crippen molar-refractivity contribution < 1.29 is 14.0 Å². The highest BCUT2D eigenvalue weighted by molar-refractivity contribution is 5.96. The van der Waals surface area contributed by atoms with Crippen LogP contribution in [0.1, 0.15) is 55.1 Å². The molecular formula is C22H28N2O3. The molecule has 1 fully saturated rings. The molecule has 0 bridgehead atoms. The Balaban J connectivity index is 1.72. The van der Waals surface area contributed by atoms with E-state index in [-0.39, 0.29) is 23.5 Å². The molecule has 2 amide bonds. The Morgan fingerprint density at radius 1 is 1.07 bits per heavy atom. The quantitative estimate of drug-likeness (QED) is 0.811. The van der Waals surface area contributed by atoms with Gasteiger partial charge in [-0.3, -0.25) is 9.59 Å². The predicted molar refractivity (Wildman–Crippen MR) is 105 cm³/mol. The minimum Gasteiger partial charge on any atom is -0.451 e. The number of hydrogen-bond acceptors (Lipinski definition) is 3. The van der Waals surface area contributed by atoms with Crippen molar-refractivity contribution in [3.8, 4) is 11.3 Å². The summed E-state index contributed by atoms with van der Waals surface area (Å²) < 4.78 is 5.76. The van der Waals surface area contributed by atoms with Crippen LogP contribution < -0.4 is 10.6 Å². The van der Waals surface area contributed by atoms with Crippen LogP contribution in [0.3, 0.4) is 0 Å². The molecule has 2 N–H and O–H groups in total. The molecule has 1 aliphatic carbocycles. The molecule has 1 saturated carbocycles. The lowest BCUT2D eigenvalue weighted by molar-refractivity contribution is -0.124. The molecule has 1 aliphatic rings. The van der Waals surface area contributed by atoms with E-state index in [0.717, 1.165) is 37.7 Å². The number of carbonyl (C=O) groups is 2. The van der Waals surface area contributed by atoms with Crippen LogP contribution in [0.15, 0.2) is 40.8 Å². The predicted octanol–water partition coefficient (Wildman–Crippen LogP) is 3.93. The molecule has 2 aromatic rings. The lowest BCUT2D eigenvalue weighted by Gasteiger charge is -2.29. The van der Waals surface area contributed by atoms with Crippen molar-refractivity contribution in [2.45, 2.75) is 51.5 Å². The van der Waals surface area contributed by atoms with Crippen LogP contribution in [0.4, 0.5) is 0 Å². The topological polar surface area (TPSA) is 71.3 Å². The van der Waals surface area contributed by atoms with E-state index in [1.165, 1.54) is 12.0 Å². The Bertz CT molecular complexity index is 773. The zero-order valence-electron chi connectivity index (χ0n) is 16.1. The summed E-state index contributed by atoms with van der Waals surface area (Å²) in [5, 5.41) is 5.57. The number of hydrogen-bond donors (Lipinski definition) is 2. The molecule has 1 aromatic carbocycles. The average molecular weight is 368 g/mol. The summed E-state index contributed by atoms with van der Waals surface area (Å²) in [5.74, 6) is 0.577. The second-order valence-corrected chi connectivity index (χ2v) is 7.18. The van der Waals surface area contributed by atoms with Gasteiger partial charge < -0.3 is 15.1 Å². The van der Waals surface area contributed by atoms with Gasteiger partial charge in [-0.25, -0.2) is 0 Å². The summed E-state index contributed by atoms with van der Waals surface area (Å²) in [7, 11) is 1.61. The van der Waals surface area contributed by atoms with Gasteiger partial charge in [-0.1, -0.05) is 50.5 Å². The van der Waals surface area contributed by atoms with Crippen molar-refractivity contribution in [3.63, 3.8) is 0 Å². The van der Waals surface area contributed by atoms with E-state index in [2.05, 4.69) is 29.7 Å². The van der Waals surface area contributed by atoms with Crippen LogP contribution in [0.5, 0.6) is 0 Å². The van der Waals surface area contributed by atoms with Gasteiger partial charge in [0.1, 0.15) is 11.8 Å². The maximum absolute atomic E-state index is 12.7. The molecule has 3 rings (SSSR count). The second kappa shape index (κ2) is 8.89. The zero-order chi connectivity index (χ0) is 19.2. The minimum atomic E-state index is -0.514. The van der Waals surface area contributed by atoms with Crippen molar-refractivity contribution in [1.82, 2.24) is 10.6 Å².